The van der Waals surface area contributed by atoms with E-state index >= 15 is 0 Å². The number of carbonyl (C=O) groups excluding carboxylic acids is 1. The average molecular weight is 284 g/mol. The van der Waals surface area contributed by atoms with Gasteiger partial charge >= 0.3 is 0 Å². The quantitative estimate of drug-likeness (QED) is 0.881. The van der Waals surface area contributed by atoms with Gasteiger partial charge in [-0.25, -0.2) is 0 Å². The molecule has 0 saturated carbocycles. The van der Waals surface area contributed by atoms with Gasteiger partial charge in [0.2, 0.25) is 0 Å². The number of aromatic nitrogens is 1. The number of hydrogen-bond donors (Lipinski definition) is 1. The zero-order valence-corrected chi connectivity index (χ0v) is 13.1. The molecular weight excluding hydrogens is 264 g/mol. The van der Waals surface area contributed by atoms with Crippen molar-refractivity contribution in [3.63, 3.8) is 0 Å². The SMILES string of the molecule is Cc1cccc(C(=O)c2c(C)c(C)[nH]c(=O)c2N(C)C)c1. The van der Waals surface area contributed by atoms with Crippen LogP contribution in [0.5, 0.6) is 0 Å². The van der Waals surface area contributed by atoms with Crippen molar-refractivity contribution in [2.24, 2.45) is 0 Å². The molecule has 1 N–H and O–H groups in total. The van der Waals surface area contributed by atoms with Gasteiger partial charge in [-0.15, -0.1) is 0 Å². The Kier molecular flexibility index (Phi) is 3.98. The zero-order chi connectivity index (χ0) is 15.7. The molecule has 110 valence electrons. The van der Waals surface area contributed by atoms with Crippen LogP contribution in [0, 0.1) is 20.8 Å². The first kappa shape index (κ1) is 15.0. The lowest BCUT2D eigenvalue weighted by Gasteiger charge is -2.19. The molecular formula is C17H20N2O2. The summed E-state index contributed by atoms with van der Waals surface area (Å²) in [5.74, 6) is -0.117. The number of benzene rings is 1. The van der Waals surface area contributed by atoms with Crippen molar-refractivity contribution < 1.29 is 4.79 Å². The van der Waals surface area contributed by atoms with Crippen LogP contribution in [0.1, 0.15) is 32.7 Å². The van der Waals surface area contributed by atoms with E-state index in [0.717, 1.165) is 16.8 Å². The minimum Gasteiger partial charge on any atom is -0.373 e. The number of pyridine rings is 1. The fourth-order valence-corrected chi connectivity index (χ4v) is 2.44. The first-order valence-electron chi connectivity index (χ1n) is 6.85. The summed E-state index contributed by atoms with van der Waals surface area (Å²) in [7, 11) is 3.54. The van der Waals surface area contributed by atoms with Crippen LogP contribution < -0.4 is 10.5 Å². The molecule has 4 nitrogen and oxygen atoms in total. The molecule has 0 saturated heterocycles. The standard InChI is InChI=1S/C17H20N2O2/c1-10-7-6-8-13(9-10)16(20)14-11(2)12(3)18-17(21)15(14)19(4)5/h6-9H,1-5H3,(H,18,21). The Bertz CT molecular complexity index is 758. The number of rotatable bonds is 3. The highest BCUT2D eigenvalue weighted by molar-refractivity contribution is 6.13. The maximum atomic E-state index is 12.9. The lowest BCUT2D eigenvalue weighted by Crippen LogP contribution is -2.26. The third-order valence-corrected chi connectivity index (χ3v) is 3.64. The molecule has 2 aromatic rings. The summed E-state index contributed by atoms with van der Waals surface area (Å²) in [5, 5.41) is 0. The van der Waals surface area contributed by atoms with Crippen LogP contribution in [-0.2, 0) is 0 Å². The van der Waals surface area contributed by atoms with Gasteiger partial charge in [0.05, 0.1) is 5.56 Å². The number of carbonyl (C=O) groups is 1. The van der Waals surface area contributed by atoms with E-state index in [1.807, 2.05) is 39.0 Å². The van der Waals surface area contributed by atoms with Crippen molar-refractivity contribution in [2.75, 3.05) is 19.0 Å². The van der Waals surface area contributed by atoms with Gasteiger partial charge in [0, 0.05) is 25.4 Å². The van der Waals surface area contributed by atoms with Gasteiger partial charge in [0.25, 0.3) is 5.56 Å². The summed E-state index contributed by atoms with van der Waals surface area (Å²) in [5.41, 5.74) is 3.81. The van der Waals surface area contributed by atoms with E-state index in [4.69, 9.17) is 0 Å². The van der Waals surface area contributed by atoms with E-state index in [0.29, 0.717) is 16.8 Å². The molecule has 1 heterocycles. The van der Waals surface area contributed by atoms with E-state index in [9.17, 15) is 9.59 Å². The Morgan fingerprint density at radius 2 is 1.81 bits per heavy atom. The van der Waals surface area contributed by atoms with Gasteiger partial charge in [-0.3, -0.25) is 9.59 Å². The molecule has 1 aromatic heterocycles. The van der Waals surface area contributed by atoms with Crippen molar-refractivity contribution in [1.29, 1.82) is 0 Å². The number of anilines is 1. The van der Waals surface area contributed by atoms with Gasteiger partial charge in [0.15, 0.2) is 5.78 Å². The highest BCUT2D eigenvalue weighted by atomic mass is 16.1. The average Bonchev–Trinajstić information content (AvgIpc) is 2.41. The first-order chi connectivity index (χ1) is 9.82. The number of hydrogen-bond acceptors (Lipinski definition) is 3. The maximum absolute atomic E-state index is 12.9. The molecule has 0 bridgehead atoms. The Morgan fingerprint density at radius 1 is 1.14 bits per heavy atom. The summed E-state index contributed by atoms with van der Waals surface area (Å²) < 4.78 is 0. The lowest BCUT2D eigenvalue weighted by molar-refractivity contribution is 0.103. The van der Waals surface area contributed by atoms with Crippen molar-refractivity contribution >= 4 is 11.5 Å². The van der Waals surface area contributed by atoms with Gasteiger partial charge in [-0.2, -0.15) is 0 Å². The molecule has 4 heteroatoms. The van der Waals surface area contributed by atoms with Gasteiger partial charge in [-0.05, 0) is 32.4 Å². The second kappa shape index (κ2) is 5.56. The second-order valence-corrected chi connectivity index (χ2v) is 5.52. The van der Waals surface area contributed by atoms with Crippen molar-refractivity contribution in [3.8, 4) is 0 Å². The van der Waals surface area contributed by atoms with Crippen molar-refractivity contribution in [1.82, 2.24) is 4.98 Å². The Morgan fingerprint density at radius 3 is 2.38 bits per heavy atom. The van der Waals surface area contributed by atoms with E-state index < -0.39 is 0 Å². The smallest absolute Gasteiger partial charge is 0.272 e. The number of nitrogens with zero attached hydrogens (tertiary/aromatic N) is 1. The molecule has 0 unspecified atom stereocenters. The number of aromatic amines is 1. The fourth-order valence-electron chi connectivity index (χ4n) is 2.44. The normalized spacial score (nSPS) is 10.5. The maximum Gasteiger partial charge on any atom is 0.272 e. The number of H-pyrrole nitrogens is 1. The molecule has 0 aliphatic heterocycles. The summed E-state index contributed by atoms with van der Waals surface area (Å²) >= 11 is 0. The summed E-state index contributed by atoms with van der Waals surface area (Å²) in [4.78, 5) is 29.6. The zero-order valence-electron chi connectivity index (χ0n) is 13.1. The van der Waals surface area contributed by atoms with Gasteiger partial charge in [0.1, 0.15) is 5.69 Å². The van der Waals surface area contributed by atoms with Crippen LogP contribution in [-0.4, -0.2) is 24.9 Å². The Balaban J connectivity index is 2.73. The first-order valence-corrected chi connectivity index (χ1v) is 6.85. The lowest BCUT2D eigenvalue weighted by atomic mass is 9.96. The monoisotopic (exact) mass is 284 g/mol. The summed E-state index contributed by atoms with van der Waals surface area (Å²) in [6.07, 6.45) is 0. The van der Waals surface area contributed by atoms with Crippen molar-refractivity contribution in [2.45, 2.75) is 20.8 Å². The minimum absolute atomic E-state index is 0.117. The summed E-state index contributed by atoms with van der Waals surface area (Å²) in [6, 6.07) is 7.43. The largest absolute Gasteiger partial charge is 0.373 e. The highest BCUT2D eigenvalue weighted by Crippen LogP contribution is 2.23. The molecule has 0 aliphatic rings. The van der Waals surface area contributed by atoms with E-state index in [-0.39, 0.29) is 11.3 Å². The highest BCUT2D eigenvalue weighted by Gasteiger charge is 2.22. The molecule has 0 fully saturated rings. The third-order valence-electron chi connectivity index (χ3n) is 3.64. The predicted octanol–water partition coefficient (Wildman–Crippen LogP) is 2.60. The fraction of sp³-hybridized carbons (Fsp3) is 0.294. The molecule has 21 heavy (non-hydrogen) atoms. The molecule has 1 aromatic carbocycles. The topological polar surface area (TPSA) is 53.2 Å². The number of aryl methyl sites for hydroxylation is 2. The van der Waals surface area contributed by atoms with Gasteiger partial charge < -0.3 is 9.88 Å². The molecule has 0 radical (unpaired) electrons. The Hall–Kier alpha value is -2.36. The second-order valence-electron chi connectivity index (χ2n) is 5.52. The molecule has 0 amide bonds. The van der Waals surface area contributed by atoms with Crippen LogP contribution in [0.25, 0.3) is 0 Å². The summed E-state index contributed by atoms with van der Waals surface area (Å²) in [6.45, 7) is 5.62. The molecule has 0 aliphatic carbocycles. The molecule has 0 atom stereocenters. The van der Waals surface area contributed by atoms with Crippen LogP contribution in [0.4, 0.5) is 5.69 Å². The molecule has 0 spiro atoms. The van der Waals surface area contributed by atoms with E-state index in [1.54, 1.807) is 25.1 Å². The van der Waals surface area contributed by atoms with Gasteiger partial charge in [-0.1, -0.05) is 23.8 Å². The molecule has 2 rings (SSSR count). The minimum atomic E-state index is -0.237. The van der Waals surface area contributed by atoms with Crippen LogP contribution in [0.2, 0.25) is 0 Å². The van der Waals surface area contributed by atoms with Crippen LogP contribution in [0.3, 0.4) is 0 Å². The predicted molar refractivity (Wildman–Crippen MR) is 85.5 cm³/mol. The van der Waals surface area contributed by atoms with Crippen LogP contribution >= 0.6 is 0 Å². The number of ketones is 1. The van der Waals surface area contributed by atoms with Crippen LogP contribution in [0.15, 0.2) is 29.1 Å². The Labute approximate surface area is 124 Å². The third kappa shape index (κ3) is 2.75. The van der Waals surface area contributed by atoms with E-state index in [2.05, 4.69) is 4.98 Å². The van der Waals surface area contributed by atoms with E-state index in [1.165, 1.54) is 0 Å². The number of nitrogens with one attached hydrogen (secondary N) is 1. The van der Waals surface area contributed by atoms with Crippen molar-refractivity contribution in [3.05, 3.63) is 62.6 Å².